The zero-order valence-corrected chi connectivity index (χ0v) is 21.9. The first-order valence-corrected chi connectivity index (χ1v) is 13.2. The van der Waals surface area contributed by atoms with Crippen LogP contribution in [0.15, 0.2) is 106 Å². The molecule has 0 unspecified atom stereocenters. The lowest BCUT2D eigenvalue weighted by atomic mass is 9.92. The minimum Gasteiger partial charge on any atom is -0.352 e. The van der Waals surface area contributed by atoms with Crippen molar-refractivity contribution in [3.8, 4) is 0 Å². The summed E-state index contributed by atoms with van der Waals surface area (Å²) in [5.74, 6) is -0.727. The number of anilines is 1. The first kappa shape index (κ1) is 25.5. The number of amidine groups is 1. The number of aryl methyl sites for hydroxylation is 1. The van der Waals surface area contributed by atoms with Gasteiger partial charge in [0, 0.05) is 17.9 Å². The Bertz CT molecular complexity index is 1470. The van der Waals surface area contributed by atoms with Gasteiger partial charge in [-0.15, -0.1) is 0 Å². The monoisotopic (exact) mass is 526 g/mol. The van der Waals surface area contributed by atoms with Gasteiger partial charge in [-0.2, -0.15) is 0 Å². The summed E-state index contributed by atoms with van der Waals surface area (Å²) in [6, 6.07) is 23.0. The fourth-order valence-electron chi connectivity index (χ4n) is 4.57. The van der Waals surface area contributed by atoms with E-state index in [1.165, 1.54) is 23.9 Å². The SMILES string of the molecule is CC1=C(C(=O)Nc2ccccc2)[C@H](c2cccc(C)c2)N2C(CC(=O)NCc3ccc(F)cc3)=CSC2=N1. The zero-order chi connectivity index (χ0) is 26.6. The van der Waals surface area contributed by atoms with Crippen LogP contribution in [0.3, 0.4) is 0 Å². The highest BCUT2D eigenvalue weighted by molar-refractivity contribution is 8.16. The first-order valence-electron chi connectivity index (χ1n) is 12.3. The number of benzene rings is 3. The Kier molecular flexibility index (Phi) is 7.42. The van der Waals surface area contributed by atoms with Crippen molar-refractivity contribution in [2.24, 2.45) is 4.99 Å². The molecule has 6 nitrogen and oxygen atoms in total. The lowest BCUT2D eigenvalue weighted by Crippen LogP contribution is -2.38. The summed E-state index contributed by atoms with van der Waals surface area (Å²) >= 11 is 1.44. The topological polar surface area (TPSA) is 73.8 Å². The third-order valence-corrected chi connectivity index (χ3v) is 7.27. The van der Waals surface area contributed by atoms with Crippen molar-refractivity contribution >= 4 is 34.4 Å². The van der Waals surface area contributed by atoms with E-state index < -0.39 is 6.04 Å². The van der Waals surface area contributed by atoms with Gasteiger partial charge in [0.25, 0.3) is 5.91 Å². The molecule has 38 heavy (non-hydrogen) atoms. The van der Waals surface area contributed by atoms with Crippen molar-refractivity contribution in [3.05, 3.63) is 124 Å². The number of halogens is 1. The Hall–Kier alpha value is -4.17. The van der Waals surface area contributed by atoms with E-state index in [0.717, 1.165) is 27.6 Å². The number of thioether (sulfide) groups is 1. The van der Waals surface area contributed by atoms with E-state index in [2.05, 4.69) is 16.7 Å². The number of fused-ring (bicyclic) bond motifs is 1. The van der Waals surface area contributed by atoms with Gasteiger partial charge in [-0.1, -0.05) is 71.9 Å². The van der Waals surface area contributed by atoms with E-state index in [4.69, 9.17) is 4.99 Å². The van der Waals surface area contributed by atoms with Crippen molar-refractivity contribution in [3.63, 3.8) is 0 Å². The molecule has 0 aromatic heterocycles. The van der Waals surface area contributed by atoms with Crippen LogP contribution in [-0.4, -0.2) is 21.9 Å². The maximum Gasteiger partial charge on any atom is 0.255 e. The van der Waals surface area contributed by atoms with Gasteiger partial charge in [0.15, 0.2) is 5.17 Å². The normalized spacial score (nSPS) is 16.5. The molecule has 0 aliphatic carbocycles. The first-order chi connectivity index (χ1) is 18.4. The van der Waals surface area contributed by atoms with Crippen LogP contribution >= 0.6 is 11.8 Å². The molecule has 2 N–H and O–H groups in total. The molecule has 3 aromatic carbocycles. The average Bonchev–Trinajstić information content (AvgIpc) is 3.29. The molecular weight excluding hydrogens is 499 g/mol. The molecule has 192 valence electrons. The van der Waals surface area contributed by atoms with Gasteiger partial charge in [-0.25, -0.2) is 9.38 Å². The molecule has 0 fully saturated rings. The van der Waals surface area contributed by atoms with Crippen molar-refractivity contribution in [1.29, 1.82) is 0 Å². The molecule has 3 aromatic rings. The Labute approximate surface area is 225 Å². The van der Waals surface area contributed by atoms with Crippen molar-refractivity contribution in [1.82, 2.24) is 10.2 Å². The summed E-state index contributed by atoms with van der Waals surface area (Å²) in [6.45, 7) is 4.16. The number of aliphatic imine (C=N–C) groups is 1. The number of carbonyl (C=O) groups excluding carboxylic acids is 2. The maximum atomic E-state index is 13.7. The number of hydrogen-bond acceptors (Lipinski definition) is 5. The predicted octanol–water partition coefficient (Wildman–Crippen LogP) is 6.05. The summed E-state index contributed by atoms with van der Waals surface area (Å²) in [5, 5.41) is 8.57. The number of nitrogens with zero attached hydrogens (tertiary/aromatic N) is 2. The molecule has 8 heteroatoms. The number of nitrogens with one attached hydrogen (secondary N) is 2. The Morgan fingerprint density at radius 2 is 1.76 bits per heavy atom. The van der Waals surface area contributed by atoms with Gasteiger partial charge in [0.05, 0.1) is 23.7 Å². The van der Waals surface area contributed by atoms with Crippen molar-refractivity contribution < 1.29 is 14.0 Å². The summed E-state index contributed by atoms with van der Waals surface area (Å²) in [4.78, 5) is 33.3. The largest absolute Gasteiger partial charge is 0.352 e. The quantitative estimate of drug-likeness (QED) is 0.393. The number of hydrogen-bond donors (Lipinski definition) is 2. The molecule has 1 atom stereocenters. The highest BCUT2D eigenvalue weighted by Crippen LogP contribution is 2.44. The van der Waals surface area contributed by atoms with E-state index in [9.17, 15) is 14.0 Å². The Morgan fingerprint density at radius 1 is 1.00 bits per heavy atom. The molecule has 0 saturated carbocycles. The fourth-order valence-corrected chi connectivity index (χ4v) is 5.53. The third-order valence-electron chi connectivity index (χ3n) is 6.38. The fraction of sp³-hybridized carbons (Fsp3) is 0.167. The smallest absolute Gasteiger partial charge is 0.255 e. The highest BCUT2D eigenvalue weighted by Gasteiger charge is 2.40. The van der Waals surface area contributed by atoms with Gasteiger partial charge in [-0.3, -0.25) is 9.59 Å². The van der Waals surface area contributed by atoms with Crippen LogP contribution in [0.1, 0.15) is 36.1 Å². The lowest BCUT2D eigenvalue weighted by Gasteiger charge is -2.36. The van der Waals surface area contributed by atoms with E-state index >= 15 is 0 Å². The lowest BCUT2D eigenvalue weighted by molar-refractivity contribution is -0.120. The molecule has 2 amide bonds. The van der Waals surface area contributed by atoms with Gasteiger partial charge in [0.2, 0.25) is 5.91 Å². The highest BCUT2D eigenvalue weighted by atomic mass is 32.2. The van der Waals surface area contributed by atoms with Crippen LogP contribution in [0.25, 0.3) is 0 Å². The maximum absolute atomic E-state index is 13.7. The summed E-state index contributed by atoms with van der Waals surface area (Å²) < 4.78 is 13.2. The minimum absolute atomic E-state index is 0.113. The summed E-state index contributed by atoms with van der Waals surface area (Å²) in [5.41, 5.74) is 5.45. The summed E-state index contributed by atoms with van der Waals surface area (Å²) in [6.07, 6.45) is 0.113. The Balaban J connectivity index is 1.42. The van der Waals surface area contributed by atoms with E-state index in [1.807, 2.05) is 72.7 Å². The van der Waals surface area contributed by atoms with E-state index in [1.54, 1.807) is 12.1 Å². The van der Waals surface area contributed by atoms with Gasteiger partial charge in [-0.05, 0) is 54.6 Å². The van der Waals surface area contributed by atoms with Crippen LogP contribution in [0.2, 0.25) is 0 Å². The van der Waals surface area contributed by atoms with Crippen molar-refractivity contribution in [2.45, 2.75) is 32.9 Å². The van der Waals surface area contributed by atoms with E-state index in [-0.39, 0.29) is 24.1 Å². The van der Waals surface area contributed by atoms with Crippen LogP contribution in [0.5, 0.6) is 0 Å². The molecule has 0 saturated heterocycles. The van der Waals surface area contributed by atoms with E-state index in [0.29, 0.717) is 23.5 Å². The van der Waals surface area contributed by atoms with Crippen molar-refractivity contribution in [2.75, 3.05) is 5.32 Å². The molecule has 2 aliphatic heterocycles. The molecule has 0 radical (unpaired) electrons. The standard InChI is InChI=1S/C30H27FN4O2S/c1-19-7-6-8-22(15-19)28-27(29(37)34-24-9-4-3-5-10-24)20(2)33-30-35(28)25(18-38-30)16-26(36)32-17-21-11-13-23(31)14-12-21/h3-15,18,28H,16-17H2,1-2H3,(H,32,36)(H,34,37)/t28-/m0/s1. The molecule has 0 bridgehead atoms. The second kappa shape index (κ2) is 11.1. The minimum atomic E-state index is -0.447. The Morgan fingerprint density at radius 3 is 2.50 bits per heavy atom. The van der Waals surface area contributed by atoms with Gasteiger partial charge >= 0.3 is 0 Å². The second-order valence-electron chi connectivity index (χ2n) is 9.21. The molecule has 2 heterocycles. The van der Waals surface area contributed by atoms with Gasteiger partial charge < -0.3 is 15.5 Å². The number of para-hydroxylation sites is 1. The molecule has 5 rings (SSSR count). The number of amides is 2. The van der Waals surface area contributed by atoms with Gasteiger partial charge in [0.1, 0.15) is 5.82 Å². The average molecular weight is 527 g/mol. The zero-order valence-electron chi connectivity index (χ0n) is 21.1. The van der Waals surface area contributed by atoms with Crippen LogP contribution in [-0.2, 0) is 16.1 Å². The predicted molar refractivity (Wildman–Crippen MR) is 150 cm³/mol. The van der Waals surface area contributed by atoms with Crippen LogP contribution in [0.4, 0.5) is 10.1 Å². The second-order valence-corrected chi connectivity index (χ2v) is 10.0. The number of allylic oxidation sites excluding steroid dienone is 1. The summed E-state index contributed by atoms with van der Waals surface area (Å²) in [7, 11) is 0. The number of carbonyl (C=O) groups is 2. The molecule has 0 spiro atoms. The van der Waals surface area contributed by atoms with Crippen LogP contribution < -0.4 is 10.6 Å². The number of rotatable bonds is 7. The molecule has 2 aliphatic rings. The third kappa shape index (κ3) is 5.55. The molecular formula is C30H27FN4O2S. The van der Waals surface area contributed by atoms with Crippen LogP contribution in [0, 0.1) is 12.7 Å².